The summed E-state index contributed by atoms with van der Waals surface area (Å²) in [4.78, 5) is 11.5. The van der Waals surface area contributed by atoms with E-state index in [0.717, 1.165) is 24.7 Å². The number of hydrogen-bond acceptors (Lipinski definition) is 3. The van der Waals surface area contributed by atoms with Crippen LogP contribution in [-0.2, 0) is 9.47 Å². The van der Waals surface area contributed by atoms with E-state index in [9.17, 15) is 4.79 Å². The minimum absolute atomic E-state index is 0.292. The number of alkyl carbamates (subject to hydrolysis) is 1. The lowest BCUT2D eigenvalue weighted by Gasteiger charge is -2.32. The Morgan fingerprint density at radius 1 is 1.28 bits per heavy atom. The Kier molecular flexibility index (Phi) is 7.09. The Morgan fingerprint density at radius 3 is 2.50 bits per heavy atom. The second kappa shape index (κ2) is 8.35. The molecule has 1 atom stereocenters. The zero-order valence-corrected chi connectivity index (χ0v) is 11.9. The molecule has 4 heteroatoms. The van der Waals surface area contributed by atoms with E-state index in [0.29, 0.717) is 19.3 Å². The second-order valence-corrected chi connectivity index (χ2v) is 5.27. The number of nitrogens with one attached hydrogen (secondary N) is 1. The molecule has 1 amide bonds. The van der Waals surface area contributed by atoms with Crippen molar-refractivity contribution in [2.24, 2.45) is 11.8 Å². The third kappa shape index (κ3) is 5.25. The predicted molar refractivity (Wildman–Crippen MR) is 71.6 cm³/mol. The Bertz CT molecular complexity index is 237. The van der Waals surface area contributed by atoms with E-state index < -0.39 is 0 Å². The lowest BCUT2D eigenvalue weighted by Crippen LogP contribution is -2.39. The van der Waals surface area contributed by atoms with Gasteiger partial charge in [0.1, 0.15) is 6.61 Å². The van der Waals surface area contributed by atoms with Gasteiger partial charge in [0.15, 0.2) is 0 Å². The molecule has 18 heavy (non-hydrogen) atoms. The summed E-state index contributed by atoms with van der Waals surface area (Å²) in [5.41, 5.74) is 0. The fraction of sp³-hybridized carbons (Fsp3) is 0.929. The Balaban J connectivity index is 2.17. The van der Waals surface area contributed by atoms with Crippen LogP contribution in [0.1, 0.15) is 46.0 Å². The molecular weight excluding hydrogens is 230 g/mol. The van der Waals surface area contributed by atoms with Crippen LogP contribution in [0.3, 0.4) is 0 Å². The van der Waals surface area contributed by atoms with E-state index in [1.54, 1.807) is 7.11 Å². The van der Waals surface area contributed by atoms with Crippen molar-refractivity contribution in [3.63, 3.8) is 0 Å². The van der Waals surface area contributed by atoms with Gasteiger partial charge in [-0.1, -0.05) is 20.3 Å². The molecule has 0 spiro atoms. The minimum atomic E-state index is -0.306. The van der Waals surface area contributed by atoms with Crippen LogP contribution < -0.4 is 5.32 Å². The van der Waals surface area contributed by atoms with E-state index in [2.05, 4.69) is 19.2 Å². The first-order valence-corrected chi connectivity index (χ1v) is 7.09. The molecule has 1 saturated carbocycles. The molecule has 0 saturated heterocycles. The van der Waals surface area contributed by atoms with Gasteiger partial charge in [-0.3, -0.25) is 0 Å². The molecule has 1 aliphatic carbocycles. The summed E-state index contributed by atoms with van der Waals surface area (Å²) in [6.45, 7) is 5.36. The van der Waals surface area contributed by atoms with Crippen LogP contribution in [0.5, 0.6) is 0 Å². The van der Waals surface area contributed by atoms with E-state index >= 15 is 0 Å². The van der Waals surface area contributed by atoms with E-state index in [1.807, 2.05) is 0 Å². The predicted octanol–water partition coefficient (Wildman–Crippen LogP) is 2.96. The first kappa shape index (κ1) is 15.3. The zero-order valence-electron chi connectivity index (χ0n) is 11.9. The molecule has 106 valence electrons. The molecule has 0 aromatic carbocycles. The van der Waals surface area contributed by atoms with Gasteiger partial charge < -0.3 is 14.8 Å². The van der Waals surface area contributed by atoms with Crippen molar-refractivity contribution in [2.45, 2.75) is 52.0 Å². The maximum absolute atomic E-state index is 11.5. The molecule has 4 nitrogen and oxygen atoms in total. The lowest BCUT2D eigenvalue weighted by atomic mass is 9.78. The Labute approximate surface area is 110 Å². The fourth-order valence-corrected chi connectivity index (χ4v) is 2.59. The molecule has 0 aromatic heterocycles. The molecule has 0 heterocycles. The Hall–Kier alpha value is -0.770. The molecular formula is C14H27NO3. The van der Waals surface area contributed by atoms with Gasteiger partial charge in [-0.25, -0.2) is 4.79 Å². The quantitative estimate of drug-likeness (QED) is 0.744. The number of hydrogen-bond donors (Lipinski definition) is 1. The molecule has 1 aliphatic rings. The highest BCUT2D eigenvalue weighted by Gasteiger charge is 2.25. The van der Waals surface area contributed by atoms with Crippen LogP contribution >= 0.6 is 0 Å². The molecule has 1 unspecified atom stereocenters. The fourth-order valence-electron chi connectivity index (χ4n) is 2.59. The van der Waals surface area contributed by atoms with Crippen LogP contribution in [0.2, 0.25) is 0 Å². The molecule has 0 aromatic rings. The number of carbonyl (C=O) groups is 1. The van der Waals surface area contributed by atoms with Crippen molar-refractivity contribution in [3.8, 4) is 0 Å². The summed E-state index contributed by atoms with van der Waals surface area (Å²) in [5.74, 6) is 1.64. The highest BCUT2D eigenvalue weighted by molar-refractivity contribution is 5.67. The van der Waals surface area contributed by atoms with Crippen molar-refractivity contribution < 1.29 is 14.3 Å². The third-order valence-corrected chi connectivity index (χ3v) is 4.06. The zero-order chi connectivity index (χ0) is 13.4. The molecule has 1 N–H and O–H groups in total. The third-order valence-electron chi connectivity index (χ3n) is 4.06. The average Bonchev–Trinajstić information content (AvgIpc) is 2.39. The van der Waals surface area contributed by atoms with E-state index in [4.69, 9.17) is 9.47 Å². The summed E-state index contributed by atoms with van der Waals surface area (Å²) in [6.07, 6.45) is 5.54. The first-order valence-electron chi connectivity index (χ1n) is 7.09. The van der Waals surface area contributed by atoms with E-state index in [1.165, 1.54) is 19.3 Å². The minimum Gasteiger partial charge on any atom is -0.447 e. The van der Waals surface area contributed by atoms with Gasteiger partial charge in [0.05, 0.1) is 6.61 Å². The van der Waals surface area contributed by atoms with Crippen molar-refractivity contribution in [1.82, 2.24) is 5.32 Å². The van der Waals surface area contributed by atoms with Crippen LogP contribution in [0, 0.1) is 11.8 Å². The van der Waals surface area contributed by atoms with Crippen molar-refractivity contribution >= 4 is 6.09 Å². The number of amides is 1. The monoisotopic (exact) mass is 257 g/mol. The SMILES string of the molecule is CCC(C)C1CCC(NC(=O)OCCOC)CC1. The largest absolute Gasteiger partial charge is 0.447 e. The van der Waals surface area contributed by atoms with Crippen molar-refractivity contribution in [2.75, 3.05) is 20.3 Å². The maximum atomic E-state index is 11.5. The number of ether oxygens (including phenoxy) is 2. The van der Waals surface area contributed by atoms with Gasteiger partial charge in [0, 0.05) is 13.2 Å². The van der Waals surface area contributed by atoms with Crippen molar-refractivity contribution in [3.05, 3.63) is 0 Å². The van der Waals surface area contributed by atoms with Gasteiger partial charge >= 0.3 is 6.09 Å². The molecule has 0 bridgehead atoms. The summed E-state index contributed by atoms with van der Waals surface area (Å²) in [6, 6.07) is 0.292. The van der Waals surface area contributed by atoms with Crippen LogP contribution in [0.25, 0.3) is 0 Å². The summed E-state index contributed by atoms with van der Waals surface area (Å²) in [7, 11) is 1.59. The maximum Gasteiger partial charge on any atom is 0.407 e. The summed E-state index contributed by atoms with van der Waals surface area (Å²) < 4.78 is 9.84. The molecule has 1 fully saturated rings. The molecule has 0 radical (unpaired) electrons. The van der Waals surface area contributed by atoms with Crippen LogP contribution in [0.15, 0.2) is 0 Å². The van der Waals surface area contributed by atoms with Crippen LogP contribution in [0.4, 0.5) is 4.79 Å². The standard InChI is InChI=1S/C14H27NO3/c1-4-11(2)12-5-7-13(8-6-12)15-14(16)18-10-9-17-3/h11-13H,4-10H2,1-3H3,(H,15,16). The number of methoxy groups -OCH3 is 1. The van der Waals surface area contributed by atoms with Gasteiger partial charge in [-0.15, -0.1) is 0 Å². The smallest absolute Gasteiger partial charge is 0.407 e. The summed E-state index contributed by atoms with van der Waals surface area (Å²) >= 11 is 0. The van der Waals surface area contributed by atoms with E-state index in [-0.39, 0.29) is 6.09 Å². The molecule has 1 rings (SSSR count). The first-order chi connectivity index (χ1) is 8.67. The Morgan fingerprint density at radius 2 is 1.94 bits per heavy atom. The normalized spacial score (nSPS) is 25.5. The summed E-state index contributed by atoms with van der Waals surface area (Å²) in [5, 5.41) is 2.94. The highest BCUT2D eigenvalue weighted by Crippen LogP contribution is 2.31. The van der Waals surface area contributed by atoms with Gasteiger partial charge in [0.2, 0.25) is 0 Å². The van der Waals surface area contributed by atoms with Gasteiger partial charge in [0.25, 0.3) is 0 Å². The van der Waals surface area contributed by atoms with Gasteiger partial charge in [-0.05, 0) is 37.5 Å². The van der Waals surface area contributed by atoms with Gasteiger partial charge in [-0.2, -0.15) is 0 Å². The number of carbonyl (C=O) groups excluding carboxylic acids is 1. The highest BCUT2D eigenvalue weighted by atomic mass is 16.6. The lowest BCUT2D eigenvalue weighted by molar-refractivity contribution is 0.0936. The van der Waals surface area contributed by atoms with Crippen molar-refractivity contribution in [1.29, 1.82) is 0 Å². The number of rotatable bonds is 6. The average molecular weight is 257 g/mol. The second-order valence-electron chi connectivity index (χ2n) is 5.27. The topological polar surface area (TPSA) is 47.6 Å². The molecule has 0 aliphatic heterocycles. The van der Waals surface area contributed by atoms with Crippen LogP contribution in [-0.4, -0.2) is 32.5 Å².